The first-order chi connectivity index (χ1) is 16.3. The Kier molecular flexibility index (Phi) is 9.72. The zero-order valence-corrected chi connectivity index (χ0v) is 19.8. The first kappa shape index (κ1) is 28.2. The molecule has 1 aromatic heterocycles. The molecule has 1 aliphatic rings. The number of carboxylic acid groups (broad SMARTS) is 2. The first-order valence-corrected chi connectivity index (χ1v) is 12.2. The number of hydrogen-bond donors (Lipinski definition) is 3. The van der Waals surface area contributed by atoms with Gasteiger partial charge in [-0.25, -0.2) is 23.0 Å². The van der Waals surface area contributed by atoms with Crippen LogP contribution in [0.15, 0.2) is 41.4 Å². The van der Waals surface area contributed by atoms with E-state index in [1.165, 1.54) is 30.8 Å². The first-order valence-electron chi connectivity index (χ1n) is 10.4. The molecule has 0 spiro atoms. The Labute approximate surface area is 204 Å². The summed E-state index contributed by atoms with van der Waals surface area (Å²) in [5.74, 6) is -3.54. The SMILES string of the molecule is O=C(O)C(F)(F)F.O=C(O)c1cc(NS(=O)(=O)c2ccccc2Cl)cnc1N1CCCCCCC1. The van der Waals surface area contributed by atoms with Crippen molar-refractivity contribution < 1.29 is 41.4 Å². The number of anilines is 2. The molecule has 35 heavy (non-hydrogen) atoms. The Morgan fingerprint density at radius 1 is 1.03 bits per heavy atom. The number of hydrogen-bond acceptors (Lipinski definition) is 6. The van der Waals surface area contributed by atoms with Crippen LogP contribution in [0.5, 0.6) is 0 Å². The average Bonchev–Trinajstić information content (AvgIpc) is 2.73. The summed E-state index contributed by atoms with van der Waals surface area (Å²) in [6, 6.07) is 7.35. The summed E-state index contributed by atoms with van der Waals surface area (Å²) in [5.41, 5.74) is 0.0491. The molecule has 14 heteroatoms. The molecule has 1 aliphatic heterocycles. The van der Waals surface area contributed by atoms with E-state index in [2.05, 4.69) is 9.71 Å². The highest BCUT2D eigenvalue weighted by atomic mass is 35.5. The summed E-state index contributed by atoms with van der Waals surface area (Å²) in [6.07, 6.45) is 1.61. The third-order valence-corrected chi connectivity index (χ3v) is 6.75. The fraction of sp³-hybridized carbons (Fsp3) is 0.381. The van der Waals surface area contributed by atoms with Crippen LogP contribution < -0.4 is 9.62 Å². The van der Waals surface area contributed by atoms with Crippen LogP contribution >= 0.6 is 11.6 Å². The lowest BCUT2D eigenvalue weighted by molar-refractivity contribution is -0.192. The summed E-state index contributed by atoms with van der Waals surface area (Å²) in [6.45, 7) is 1.47. The summed E-state index contributed by atoms with van der Waals surface area (Å²) >= 11 is 5.98. The fourth-order valence-corrected chi connectivity index (χ4v) is 4.81. The van der Waals surface area contributed by atoms with Gasteiger partial charge in [-0.1, -0.05) is 43.0 Å². The van der Waals surface area contributed by atoms with E-state index in [1.807, 2.05) is 4.90 Å². The molecule has 1 aromatic carbocycles. The second kappa shape index (κ2) is 12.1. The van der Waals surface area contributed by atoms with Crippen molar-refractivity contribution in [3.8, 4) is 0 Å². The van der Waals surface area contributed by atoms with Gasteiger partial charge in [0.2, 0.25) is 0 Å². The van der Waals surface area contributed by atoms with Gasteiger partial charge < -0.3 is 15.1 Å². The van der Waals surface area contributed by atoms with Crippen molar-refractivity contribution in [1.29, 1.82) is 0 Å². The van der Waals surface area contributed by atoms with E-state index in [9.17, 15) is 31.5 Å². The molecule has 0 aliphatic carbocycles. The van der Waals surface area contributed by atoms with Gasteiger partial charge in [0.05, 0.1) is 16.9 Å². The zero-order chi connectivity index (χ0) is 26.2. The fourth-order valence-electron chi connectivity index (χ4n) is 3.25. The van der Waals surface area contributed by atoms with Crippen molar-refractivity contribution in [1.82, 2.24) is 4.98 Å². The standard InChI is InChI=1S/C19H22ClN3O4S.C2HF3O2/c20-16-8-4-5-9-17(16)28(26,27)22-14-12-15(19(24)25)18(21-13-14)23-10-6-2-1-3-7-11-23;3-2(4,5)1(6)7/h4-5,8-9,12-13,22H,1-3,6-7,10-11H2,(H,24,25);(H,6,7). The van der Waals surface area contributed by atoms with Gasteiger partial charge in [-0.05, 0) is 31.0 Å². The van der Waals surface area contributed by atoms with Crippen LogP contribution in [0.4, 0.5) is 24.7 Å². The lowest BCUT2D eigenvalue weighted by Gasteiger charge is -2.27. The Hall–Kier alpha value is -3.06. The third kappa shape index (κ3) is 8.28. The van der Waals surface area contributed by atoms with E-state index >= 15 is 0 Å². The summed E-state index contributed by atoms with van der Waals surface area (Å²) < 4.78 is 59.3. The van der Waals surface area contributed by atoms with E-state index in [0.29, 0.717) is 5.82 Å². The van der Waals surface area contributed by atoms with Crippen molar-refractivity contribution in [2.75, 3.05) is 22.7 Å². The second-order valence-corrected chi connectivity index (χ2v) is 9.55. The lowest BCUT2D eigenvalue weighted by Crippen LogP contribution is -2.29. The Bertz CT molecular complexity index is 1150. The topological polar surface area (TPSA) is 137 Å². The van der Waals surface area contributed by atoms with E-state index in [-0.39, 0.29) is 21.2 Å². The molecule has 0 radical (unpaired) electrons. The number of aliphatic carboxylic acids is 1. The van der Waals surface area contributed by atoms with Gasteiger partial charge in [0.1, 0.15) is 16.3 Å². The van der Waals surface area contributed by atoms with E-state index in [1.54, 1.807) is 12.1 Å². The molecule has 1 fully saturated rings. The quantitative estimate of drug-likeness (QED) is 0.502. The molecule has 1 saturated heterocycles. The van der Waals surface area contributed by atoms with E-state index < -0.39 is 28.1 Å². The van der Waals surface area contributed by atoms with Gasteiger partial charge >= 0.3 is 18.1 Å². The molecule has 192 valence electrons. The Morgan fingerprint density at radius 2 is 1.57 bits per heavy atom. The maximum absolute atomic E-state index is 12.6. The number of benzene rings is 1. The zero-order valence-electron chi connectivity index (χ0n) is 18.3. The van der Waals surface area contributed by atoms with Crippen molar-refractivity contribution >= 4 is 45.1 Å². The van der Waals surface area contributed by atoms with Gasteiger partial charge in [-0.3, -0.25) is 4.72 Å². The molecular weight excluding hydrogens is 515 g/mol. The number of nitrogens with zero attached hydrogens (tertiary/aromatic N) is 2. The summed E-state index contributed by atoms with van der Waals surface area (Å²) in [7, 11) is -3.96. The maximum Gasteiger partial charge on any atom is 0.490 e. The van der Waals surface area contributed by atoms with Gasteiger partial charge in [-0.2, -0.15) is 13.2 Å². The average molecular weight is 538 g/mol. The Morgan fingerprint density at radius 3 is 2.09 bits per heavy atom. The number of carbonyl (C=O) groups is 2. The van der Waals surface area contributed by atoms with Gasteiger partial charge in [0.15, 0.2) is 0 Å². The predicted octanol–water partition coefficient (Wildman–Crippen LogP) is 4.64. The van der Waals surface area contributed by atoms with Crippen molar-refractivity contribution in [2.24, 2.45) is 0 Å². The minimum absolute atomic E-state index is 0.0278. The second-order valence-electron chi connectivity index (χ2n) is 7.49. The number of aromatic carboxylic acids is 1. The van der Waals surface area contributed by atoms with Crippen LogP contribution in [0.1, 0.15) is 42.5 Å². The van der Waals surface area contributed by atoms with Crippen molar-refractivity contribution in [3.63, 3.8) is 0 Å². The molecule has 0 unspecified atom stereocenters. The maximum atomic E-state index is 12.6. The molecule has 2 heterocycles. The number of halogens is 4. The van der Waals surface area contributed by atoms with E-state index in [4.69, 9.17) is 21.5 Å². The number of rotatable bonds is 5. The minimum Gasteiger partial charge on any atom is -0.478 e. The minimum atomic E-state index is -5.08. The molecule has 0 saturated carbocycles. The highest BCUT2D eigenvalue weighted by Crippen LogP contribution is 2.27. The number of sulfonamides is 1. The van der Waals surface area contributed by atoms with Gasteiger partial charge in [0.25, 0.3) is 10.0 Å². The number of pyridine rings is 1. The summed E-state index contributed by atoms with van der Waals surface area (Å²) in [4.78, 5) is 26.9. The molecule has 0 atom stereocenters. The smallest absolute Gasteiger partial charge is 0.478 e. The van der Waals surface area contributed by atoms with Crippen molar-refractivity contribution in [3.05, 3.63) is 47.1 Å². The third-order valence-electron chi connectivity index (χ3n) is 4.87. The van der Waals surface area contributed by atoms with Gasteiger partial charge in [-0.15, -0.1) is 0 Å². The van der Waals surface area contributed by atoms with Crippen LogP contribution in [-0.4, -0.2) is 54.8 Å². The largest absolute Gasteiger partial charge is 0.490 e. The molecule has 0 bridgehead atoms. The Balaban J connectivity index is 0.000000540. The number of nitrogens with one attached hydrogen (secondary N) is 1. The molecule has 2 aromatic rings. The molecular formula is C21H23ClF3N3O6S. The van der Waals surface area contributed by atoms with Crippen LogP contribution in [0.25, 0.3) is 0 Å². The van der Waals surface area contributed by atoms with Gasteiger partial charge in [0, 0.05) is 13.1 Å². The monoisotopic (exact) mass is 537 g/mol. The highest BCUT2D eigenvalue weighted by molar-refractivity contribution is 7.92. The lowest BCUT2D eigenvalue weighted by atomic mass is 10.1. The summed E-state index contributed by atoms with van der Waals surface area (Å²) in [5, 5.41) is 16.8. The molecule has 3 rings (SSSR count). The molecule has 3 N–H and O–H groups in total. The van der Waals surface area contributed by atoms with Crippen LogP contribution in [-0.2, 0) is 14.8 Å². The van der Waals surface area contributed by atoms with Crippen LogP contribution in [0.3, 0.4) is 0 Å². The van der Waals surface area contributed by atoms with Crippen LogP contribution in [0, 0.1) is 0 Å². The number of carboxylic acids is 2. The number of alkyl halides is 3. The highest BCUT2D eigenvalue weighted by Gasteiger charge is 2.38. The van der Waals surface area contributed by atoms with Crippen LogP contribution in [0.2, 0.25) is 5.02 Å². The van der Waals surface area contributed by atoms with E-state index in [0.717, 1.165) is 38.8 Å². The molecule has 0 amide bonds. The molecule has 9 nitrogen and oxygen atoms in total. The predicted molar refractivity (Wildman–Crippen MR) is 122 cm³/mol. The normalized spacial score (nSPS) is 14.7. The van der Waals surface area contributed by atoms with Crippen molar-refractivity contribution in [2.45, 2.75) is 43.2 Å². The number of aromatic nitrogens is 1.